The summed E-state index contributed by atoms with van der Waals surface area (Å²) in [6, 6.07) is 3.40. The van der Waals surface area contributed by atoms with E-state index in [1.54, 1.807) is 32.7 Å². The van der Waals surface area contributed by atoms with E-state index < -0.39 is 5.41 Å². The molecule has 2 atom stereocenters. The normalized spacial score (nSPS) is 32.2. The summed E-state index contributed by atoms with van der Waals surface area (Å²) < 4.78 is 12.8. The molecule has 4 bridgehead atoms. The number of rotatable bonds is 5. The highest BCUT2D eigenvalue weighted by Gasteiger charge is 2.61. The number of halogens is 1. The van der Waals surface area contributed by atoms with Crippen LogP contribution in [0, 0.1) is 17.3 Å². The topological polar surface area (TPSA) is 78.3 Å². The number of nitrogens with one attached hydrogen (secondary N) is 1. The van der Waals surface area contributed by atoms with E-state index in [1.807, 2.05) is 11.0 Å². The average molecular weight is 417 g/mol. The molecule has 7 nitrogen and oxygen atoms in total. The fourth-order valence-electron chi connectivity index (χ4n) is 6.41. The Morgan fingerprint density at radius 3 is 2.52 bits per heavy atom. The molecule has 4 fully saturated rings. The molecule has 4 aliphatic carbocycles. The van der Waals surface area contributed by atoms with Gasteiger partial charge in [0.1, 0.15) is 24.2 Å². The van der Waals surface area contributed by atoms with Gasteiger partial charge in [-0.1, -0.05) is 11.6 Å². The van der Waals surface area contributed by atoms with Crippen molar-refractivity contribution >= 4 is 23.2 Å². The molecule has 6 rings (SSSR count). The zero-order chi connectivity index (χ0) is 20.2. The highest BCUT2D eigenvalue weighted by molar-refractivity contribution is 6.32. The Hall–Kier alpha value is -2.28. The first-order chi connectivity index (χ1) is 14.0. The summed E-state index contributed by atoms with van der Waals surface area (Å²) in [7, 11) is 3.12. The molecule has 0 saturated heterocycles. The number of methoxy groups -OCH3 is 2. The van der Waals surface area contributed by atoms with Crippen LogP contribution in [0.4, 0.5) is 5.69 Å². The molecular formula is C21H25ClN4O3. The number of hydrogen-bond acceptors (Lipinski definition) is 5. The van der Waals surface area contributed by atoms with Gasteiger partial charge in [0.2, 0.25) is 5.91 Å². The van der Waals surface area contributed by atoms with Crippen molar-refractivity contribution in [1.82, 2.24) is 14.8 Å². The molecule has 4 saturated carbocycles. The maximum absolute atomic E-state index is 13.6. The molecular weight excluding hydrogens is 392 g/mol. The van der Waals surface area contributed by atoms with Crippen molar-refractivity contribution in [3.05, 3.63) is 29.8 Å². The SMILES string of the molecule is COc1cc(NC(=O)C23C[C@H]4C[C@H](C2)CC(n2cncn2)(C4)C3)c(OC)cc1Cl. The van der Waals surface area contributed by atoms with Gasteiger partial charge < -0.3 is 14.8 Å². The molecule has 0 radical (unpaired) electrons. The Labute approximate surface area is 174 Å². The minimum Gasteiger partial charge on any atom is -0.495 e. The first-order valence-electron chi connectivity index (χ1n) is 10.0. The molecule has 0 spiro atoms. The maximum Gasteiger partial charge on any atom is 0.230 e. The predicted octanol–water partition coefficient (Wildman–Crippen LogP) is 3.88. The minimum absolute atomic E-state index is 0.0544. The van der Waals surface area contributed by atoms with Crippen LogP contribution in [0.2, 0.25) is 5.02 Å². The first kappa shape index (κ1) is 18.7. The van der Waals surface area contributed by atoms with Gasteiger partial charge in [-0.05, 0) is 50.4 Å². The summed E-state index contributed by atoms with van der Waals surface area (Å²) in [4.78, 5) is 17.8. The van der Waals surface area contributed by atoms with E-state index in [1.165, 1.54) is 6.42 Å². The van der Waals surface area contributed by atoms with Gasteiger partial charge in [-0.2, -0.15) is 5.10 Å². The van der Waals surface area contributed by atoms with E-state index in [2.05, 4.69) is 15.4 Å². The Morgan fingerprint density at radius 2 is 1.90 bits per heavy atom. The lowest BCUT2D eigenvalue weighted by molar-refractivity contribution is -0.150. The highest BCUT2D eigenvalue weighted by Crippen LogP contribution is 2.64. The molecule has 1 amide bonds. The standard InChI is InChI=1S/C21H25ClN4O3/c1-28-17-5-16(18(29-2)4-15(17)22)25-19(27)20-6-13-3-14(7-20)9-21(8-13,10-20)26-12-23-11-24-26/h4-5,11-14H,3,6-10H2,1-2H3,(H,25,27)/t13-,14-,20?,21?/m1/s1. The van der Waals surface area contributed by atoms with Crippen molar-refractivity contribution in [2.75, 3.05) is 19.5 Å². The van der Waals surface area contributed by atoms with Gasteiger partial charge in [-0.15, -0.1) is 0 Å². The van der Waals surface area contributed by atoms with Crippen LogP contribution in [0.3, 0.4) is 0 Å². The molecule has 1 aromatic heterocycles. The summed E-state index contributed by atoms with van der Waals surface area (Å²) in [5, 5.41) is 8.04. The molecule has 29 heavy (non-hydrogen) atoms. The Kier molecular flexibility index (Phi) is 4.28. The monoisotopic (exact) mass is 416 g/mol. The van der Waals surface area contributed by atoms with E-state index in [0.29, 0.717) is 34.0 Å². The van der Waals surface area contributed by atoms with E-state index in [9.17, 15) is 4.79 Å². The molecule has 0 aliphatic heterocycles. The lowest BCUT2D eigenvalue weighted by Crippen LogP contribution is -2.60. The fraction of sp³-hybridized carbons (Fsp3) is 0.571. The molecule has 8 heteroatoms. The summed E-state index contributed by atoms with van der Waals surface area (Å²) in [5.74, 6) is 2.19. The Bertz CT molecular complexity index is 932. The second-order valence-electron chi connectivity index (χ2n) is 8.95. The number of hydrogen-bond donors (Lipinski definition) is 1. The van der Waals surface area contributed by atoms with E-state index in [4.69, 9.17) is 21.1 Å². The zero-order valence-electron chi connectivity index (χ0n) is 16.7. The number of aromatic nitrogens is 3. The second kappa shape index (κ2) is 6.62. The number of carbonyl (C=O) groups excluding carboxylic acids is 1. The third-order valence-corrected chi connectivity index (χ3v) is 7.43. The molecule has 2 aromatic rings. The third kappa shape index (κ3) is 2.89. The zero-order valence-corrected chi connectivity index (χ0v) is 17.4. The largest absolute Gasteiger partial charge is 0.495 e. The van der Waals surface area contributed by atoms with Crippen LogP contribution >= 0.6 is 11.6 Å². The van der Waals surface area contributed by atoms with E-state index in [-0.39, 0.29) is 11.4 Å². The minimum atomic E-state index is -0.395. The van der Waals surface area contributed by atoms with Gasteiger partial charge in [-0.25, -0.2) is 9.67 Å². The fourth-order valence-corrected chi connectivity index (χ4v) is 6.64. The van der Waals surface area contributed by atoms with Crippen molar-refractivity contribution < 1.29 is 14.3 Å². The highest BCUT2D eigenvalue weighted by atomic mass is 35.5. The molecule has 1 N–H and O–H groups in total. The Morgan fingerprint density at radius 1 is 1.17 bits per heavy atom. The number of carbonyl (C=O) groups is 1. The number of anilines is 1. The van der Waals surface area contributed by atoms with Crippen molar-refractivity contribution in [1.29, 1.82) is 0 Å². The first-order valence-corrected chi connectivity index (χ1v) is 10.4. The molecule has 1 heterocycles. The van der Waals surface area contributed by atoms with Crippen LogP contribution in [-0.2, 0) is 10.3 Å². The molecule has 4 aliphatic rings. The van der Waals surface area contributed by atoms with Crippen LogP contribution in [0.15, 0.2) is 24.8 Å². The Balaban J connectivity index is 1.47. The third-order valence-electron chi connectivity index (χ3n) is 7.14. The smallest absolute Gasteiger partial charge is 0.230 e. The van der Waals surface area contributed by atoms with Gasteiger partial charge >= 0.3 is 0 Å². The number of benzene rings is 1. The van der Waals surface area contributed by atoms with Crippen LogP contribution < -0.4 is 14.8 Å². The van der Waals surface area contributed by atoms with Crippen molar-refractivity contribution in [3.63, 3.8) is 0 Å². The predicted molar refractivity (Wildman–Crippen MR) is 108 cm³/mol. The summed E-state index contributed by atoms with van der Waals surface area (Å²) in [6.07, 6.45) is 9.44. The summed E-state index contributed by atoms with van der Waals surface area (Å²) >= 11 is 6.22. The maximum atomic E-state index is 13.6. The lowest BCUT2D eigenvalue weighted by atomic mass is 9.46. The molecule has 154 valence electrons. The lowest BCUT2D eigenvalue weighted by Gasteiger charge is -2.60. The van der Waals surface area contributed by atoms with Crippen LogP contribution in [0.1, 0.15) is 38.5 Å². The quantitative estimate of drug-likeness (QED) is 0.800. The van der Waals surface area contributed by atoms with Gasteiger partial charge in [0.15, 0.2) is 0 Å². The van der Waals surface area contributed by atoms with Gasteiger partial charge in [-0.3, -0.25) is 4.79 Å². The van der Waals surface area contributed by atoms with Gasteiger partial charge in [0.05, 0.1) is 35.9 Å². The van der Waals surface area contributed by atoms with Gasteiger partial charge in [0, 0.05) is 12.1 Å². The number of nitrogens with zero attached hydrogens (tertiary/aromatic N) is 3. The van der Waals surface area contributed by atoms with Crippen LogP contribution in [0.25, 0.3) is 0 Å². The van der Waals surface area contributed by atoms with Gasteiger partial charge in [0.25, 0.3) is 0 Å². The average Bonchev–Trinajstić information content (AvgIpc) is 3.23. The van der Waals surface area contributed by atoms with Crippen molar-refractivity contribution in [2.24, 2.45) is 17.3 Å². The molecule has 0 unspecified atom stereocenters. The number of amides is 1. The second-order valence-corrected chi connectivity index (χ2v) is 9.35. The summed E-state index contributed by atoms with van der Waals surface area (Å²) in [6.45, 7) is 0. The van der Waals surface area contributed by atoms with E-state index in [0.717, 1.165) is 32.1 Å². The van der Waals surface area contributed by atoms with Crippen molar-refractivity contribution in [3.8, 4) is 11.5 Å². The number of ether oxygens (including phenoxy) is 2. The molecule has 1 aromatic carbocycles. The van der Waals surface area contributed by atoms with Crippen molar-refractivity contribution in [2.45, 2.75) is 44.1 Å². The van der Waals surface area contributed by atoms with E-state index >= 15 is 0 Å². The van der Waals surface area contributed by atoms with Crippen LogP contribution in [0.5, 0.6) is 11.5 Å². The van der Waals surface area contributed by atoms with Crippen LogP contribution in [-0.4, -0.2) is 34.9 Å². The summed E-state index contributed by atoms with van der Waals surface area (Å²) in [5.41, 5.74) is 0.0949.